The normalized spacial score (nSPS) is 11.5. The largest absolute Gasteiger partial charge is 0.491 e. The van der Waals surface area contributed by atoms with Crippen LogP contribution in [-0.4, -0.2) is 42.7 Å². The van der Waals surface area contributed by atoms with Crippen molar-refractivity contribution < 1.29 is 24.1 Å². The second-order valence-corrected chi connectivity index (χ2v) is 8.64. The minimum absolute atomic E-state index is 0.0349. The van der Waals surface area contributed by atoms with Crippen LogP contribution < -0.4 is 20.3 Å². The van der Waals surface area contributed by atoms with Crippen molar-refractivity contribution in [3.05, 3.63) is 34.2 Å². The summed E-state index contributed by atoms with van der Waals surface area (Å²) in [6.45, 7) is 9.83. The molecule has 0 aliphatic heterocycles. The molecule has 0 saturated carbocycles. The predicted octanol–water partition coefficient (Wildman–Crippen LogP) is 4.02. The molecule has 0 unspecified atom stereocenters. The van der Waals surface area contributed by atoms with Gasteiger partial charge in [-0.2, -0.15) is 0 Å². The minimum atomic E-state index is -1.16. The van der Waals surface area contributed by atoms with Gasteiger partial charge in [0.2, 0.25) is 0 Å². The number of carboxylic acid groups (broad SMARTS) is 1. The SMILES string of the molecule is CCCCOc1c(CNC(=O)O)n(CC(C)(C)C)c(=O)c2ccc(OCCOC)cc12. The maximum Gasteiger partial charge on any atom is 0.404 e. The smallest absolute Gasteiger partial charge is 0.404 e. The molecule has 0 fully saturated rings. The quantitative estimate of drug-likeness (QED) is 0.518. The molecular weight excluding hydrogens is 400 g/mol. The molecule has 8 nitrogen and oxygen atoms in total. The van der Waals surface area contributed by atoms with Crippen LogP contribution in [0.1, 0.15) is 46.2 Å². The summed E-state index contributed by atoms with van der Waals surface area (Å²) >= 11 is 0. The van der Waals surface area contributed by atoms with Crippen molar-refractivity contribution in [2.24, 2.45) is 5.41 Å². The average molecular weight is 435 g/mol. The van der Waals surface area contributed by atoms with E-state index in [1.165, 1.54) is 0 Å². The molecule has 1 amide bonds. The second kappa shape index (κ2) is 11.0. The molecule has 0 atom stereocenters. The van der Waals surface area contributed by atoms with E-state index in [4.69, 9.17) is 14.2 Å². The molecule has 172 valence electrons. The fourth-order valence-corrected chi connectivity index (χ4v) is 3.23. The van der Waals surface area contributed by atoms with Gasteiger partial charge in [0.15, 0.2) is 0 Å². The number of amides is 1. The number of unbranched alkanes of at least 4 members (excludes halogenated alkanes) is 1. The third-order valence-corrected chi connectivity index (χ3v) is 4.64. The predicted molar refractivity (Wildman–Crippen MR) is 120 cm³/mol. The van der Waals surface area contributed by atoms with Gasteiger partial charge in [0.25, 0.3) is 5.56 Å². The fraction of sp³-hybridized carbons (Fsp3) is 0.565. The molecule has 1 aromatic heterocycles. The number of pyridine rings is 1. The molecule has 0 aliphatic rings. The van der Waals surface area contributed by atoms with E-state index in [-0.39, 0.29) is 17.5 Å². The van der Waals surface area contributed by atoms with Crippen LogP contribution in [0.25, 0.3) is 10.8 Å². The van der Waals surface area contributed by atoms with Crippen molar-refractivity contribution in [3.8, 4) is 11.5 Å². The monoisotopic (exact) mass is 434 g/mol. The summed E-state index contributed by atoms with van der Waals surface area (Å²) in [5, 5.41) is 12.7. The van der Waals surface area contributed by atoms with Crippen LogP contribution in [0.15, 0.2) is 23.0 Å². The van der Waals surface area contributed by atoms with Crippen molar-refractivity contribution in [2.45, 2.75) is 53.6 Å². The van der Waals surface area contributed by atoms with E-state index in [1.807, 2.05) is 20.8 Å². The van der Waals surface area contributed by atoms with Gasteiger partial charge in [0.05, 0.1) is 30.8 Å². The van der Waals surface area contributed by atoms with Crippen LogP contribution in [0.3, 0.4) is 0 Å². The molecule has 8 heteroatoms. The Kier molecular flexibility index (Phi) is 8.74. The molecule has 2 rings (SSSR count). The van der Waals surface area contributed by atoms with Crippen LogP contribution in [0.5, 0.6) is 11.5 Å². The number of ether oxygens (including phenoxy) is 3. The van der Waals surface area contributed by atoms with Gasteiger partial charge in [-0.25, -0.2) is 4.79 Å². The highest BCUT2D eigenvalue weighted by Gasteiger charge is 2.23. The highest BCUT2D eigenvalue weighted by Crippen LogP contribution is 2.32. The Morgan fingerprint density at radius 3 is 2.48 bits per heavy atom. The minimum Gasteiger partial charge on any atom is -0.491 e. The number of benzene rings is 1. The van der Waals surface area contributed by atoms with E-state index in [0.29, 0.717) is 54.3 Å². The molecule has 2 N–H and O–H groups in total. The number of hydrogen-bond donors (Lipinski definition) is 2. The van der Waals surface area contributed by atoms with Gasteiger partial charge < -0.3 is 29.2 Å². The molecule has 2 aromatic rings. The molecule has 0 bridgehead atoms. The summed E-state index contributed by atoms with van der Waals surface area (Å²) in [5.41, 5.74) is 0.137. The average Bonchev–Trinajstić information content (AvgIpc) is 2.69. The number of hydrogen-bond acceptors (Lipinski definition) is 5. The standard InChI is InChI=1S/C23H34N2O6/c1-6-7-10-31-20-18-13-16(30-12-11-29-5)8-9-17(18)21(26)25(15-23(2,3)4)19(20)14-24-22(27)28/h8-9,13,24H,6-7,10-12,14-15H2,1-5H3,(H,27,28). The maximum absolute atomic E-state index is 13.4. The molecule has 0 radical (unpaired) electrons. The lowest BCUT2D eigenvalue weighted by Crippen LogP contribution is -2.33. The summed E-state index contributed by atoms with van der Waals surface area (Å²) in [7, 11) is 1.60. The van der Waals surface area contributed by atoms with Crippen LogP contribution in [0.4, 0.5) is 4.79 Å². The Labute approximate surface area is 183 Å². The van der Waals surface area contributed by atoms with Gasteiger partial charge in [-0.15, -0.1) is 0 Å². The summed E-state index contributed by atoms with van der Waals surface area (Å²) in [4.78, 5) is 24.6. The summed E-state index contributed by atoms with van der Waals surface area (Å²) < 4.78 is 18.5. The highest BCUT2D eigenvalue weighted by molar-refractivity contribution is 5.89. The van der Waals surface area contributed by atoms with Gasteiger partial charge in [-0.3, -0.25) is 4.79 Å². The van der Waals surface area contributed by atoms with E-state index in [2.05, 4.69) is 12.2 Å². The number of nitrogens with zero attached hydrogens (tertiary/aromatic N) is 1. The second-order valence-electron chi connectivity index (χ2n) is 8.64. The van der Waals surface area contributed by atoms with E-state index >= 15 is 0 Å². The Bertz CT molecular complexity index is 946. The number of rotatable bonds is 11. The van der Waals surface area contributed by atoms with Crippen molar-refractivity contribution >= 4 is 16.9 Å². The number of nitrogens with one attached hydrogen (secondary N) is 1. The molecule has 1 aromatic carbocycles. The Morgan fingerprint density at radius 1 is 1.13 bits per heavy atom. The number of fused-ring (bicyclic) bond motifs is 1. The highest BCUT2D eigenvalue weighted by atomic mass is 16.5. The Balaban J connectivity index is 2.70. The first-order valence-electron chi connectivity index (χ1n) is 10.6. The molecule has 0 saturated heterocycles. The molecule has 31 heavy (non-hydrogen) atoms. The van der Waals surface area contributed by atoms with E-state index in [0.717, 1.165) is 12.8 Å². The Morgan fingerprint density at radius 2 is 1.87 bits per heavy atom. The molecule has 0 spiro atoms. The fourth-order valence-electron chi connectivity index (χ4n) is 3.23. The lowest BCUT2D eigenvalue weighted by Gasteiger charge is -2.25. The van der Waals surface area contributed by atoms with Gasteiger partial charge in [0, 0.05) is 19.0 Å². The van der Waals surface area contributed by atoms with E-state index in [9.17, 15) is 14.7 Å². The van der Waals surface area contributed by atoms with Crippen molar-refractivity contribution in [1.82, 2.24) is 9.88 Å². The van der Waals surface area contributed by atoms with Crippen LogP contribution in [0.2, 0.25) is 0 Å². The summed E-state index contributed by atoms with van der Waals surface area (Å²) in [6.07, 6.45) is 0.634. The zero-order valence-corrected chi connectivity index (χ0v) is 19.1. The van der Waals surface area contributed by atoms with E-state index in [1.54, 1.807) is 29.9 Å². The summed E-state index contributed by atoms with van der Waals surface area (Å²) in [5.74, 6) is 1.10. The van der Waals surface area contributed by atoms with Gasteiger partial charge in [0.1, 0.15) is 18.1 Å². The van der Waals surface area contributed by atoms with Gasteiger partial charge in [-0.05, 0) is 30.0 Å². The first-order valence-corrected chi connectivity index (χ1v) is 10.6. The van der Waals surface area contributed by atoms with Crippen LogP contribution >= 0.6 is 0 Å². The number of aromatic nitrogens is 1. The lowest BCUT2D eigenvalue weighted by molar-refractivity contribution is 0.146. The topological polar surface area (TPSA) is 99.0 Å². The van der Waals surface area contributed by atoms with Crippen molar-refractivity contribution in [3.63, 3.8) is 0 Å². The van der Waals surface area contributed by atoms with Crippen LogP contribution in [0, 0.1) is 5.41 Å². The Hall–Kier alpha value is -2.74. The van der Waals surface area contributed by atoms with E-state index < -0.39 is 6.09 Å². The zero-order chi connectivity index (χ0) is 23.0. The van der Waals surface area contributed by atoms with Gasteiger partial charge in [-0.1, -0.05) is 34.1 Å². The molecular formula is C23H34N2O6. The molecule has 1 heterocycles. The third-order valence-electron chi connectivity index (χ3n) is 4.64. The first-order chi connectivity index (χ1) is 14.7. The van der Waals surface area contributed by atoms with Crippen LogP contribution in [-0.2, 0) is 17.8 Å². The number of carbonyl (C=O) groups is 1. The third kappa shape index (κ3) is 6.89. The maximum atomic E-state index is 13.4. The zero-order valence-electron chi connectivity index (χ0n) is 19.1. The lowest BCUT2D eigenvalue weighted by atomic mass is 9.96. The van der Waals surface area contributed by atoms with Crippen molar-refractivity contribution in [1.29, 1.82) is 0 Å². The molecule has 0 aliphatic carbocycles. The first kappa shape index (κ1) is 24.5. The number of methoxy groups -OCH3 is 1. The van der Waals surface area contributed by atoms with Crippen molar-refractivity contribution in [2.75, 3.05) is 26.9 Å². The summed E-state index contributed by atoms with van der Waals surface area (Å²) in [6, 6.07) is 5.27. The van der Waals surface area contributed by atoms with Gasteiger partial charge >= 0.3 is 6.09 Å².